The van der Waals surface area contributed by atoms with Crippen LogP contribution in [0.25, 0.3) is 6.08 Å². The summed E-state index contributed by atoms with van der Waals surface area (Å²) < 4.78 is 21.4. The summed E-state index contributed by atoms with van der Waals surface area (Å²) in [4.78, 5) is 12.5. The van der Waals surface area contributed by atoms with E-state index >= 15 is 0 Å². The fourth-order valence-corrected chi connectivity index (χ4v) is 2.41. The van der Waals surface area contributed by atoms with Crippen LogP contribution in [0.2, 0.25) is 0 Å². The summed E-state index contributed by atoms with van der Waals surface area (Å²) in [5.41, 5.74) is 1.22. The molecule has 0 bridgehead atoms. The smallest absolute Gasteiger partial charge is 0.189 e. The minimum atomic E-state index is -0.177. The summed E-state index contributed by atoms with van der Waals surface area (Å²) in [6.07, 6.45) is 3.19. The van der Waals surface area contributed by atoms with Crippen molar-refractivity contribution in [2.45, 2.75) is 6.92 Å². The Hall–Kier alpha value is -2.95. The zero-order valence-electron chi connectivity index (χ0n) is 14.9. The summed E-state index contributed by atoms with van der Waals surface area (Å²) >= 11 is 0. The summed E-state index contributed by atoms with van der Waals surface area (Å²) in [6, 6.07) is 10.6. The third-order valence-corrected chi connectivity index (χ3v) is 3.60. The van der Waals surface area contributed by atoms with Gasteiger partial charge in [0.1, 0.15) is 11.5 Å². The standard InChI is InChI=1S/C20H22O5/c1-5-25-18-8-6-7-14(20(18)24-4)9-12-17(21)16-11-10-15(22-2)13-19(16)23-3/h6-13H,5H2,1-4H3/b12-9+. The lowest BCUT2D eigenvalue weighted by atomic mass is 10.1. The van der Waals surface area contributed by atoms with E-state index in [1.807, 2.05) is 25.1 Å². The van der Waals surface area contributed by atoms with Crippen molar-refractivity contribution in [3.05, 3.63) is 53.6 Å². The van der Waals surface area contributed by atoms with Gasteiger partial charge < -0.3 is 18.9 Å². The van der Waals surface area contributed by atoms with E-state index in [1.54, 1.807) is 38.5 Å². The van der Waals surface area contributed by atoms with E-state index in [4.69, 9.17) is 18.9 Å². The minimum Gasteiger partial charge on any atom is -0.497 e. The van der Waals surface area contributed by atoms with E-state index in [9.17, 15) is 4.79 Å². The van der Waals surface area contributed by atoms with Gasteiger partial charge in [0, 0.05) is 11.6 Å². The maximum absolute atomic E-state index is 12.5. The van der Waals surface area contributed by atoms with Crippen LogP contribution in [0.15, 0.2) is 42.5 Å². The molecule has 0 amide bonds. The van der Waals surface area contributed by atoms with E-state index in [0.717, 1.165) is 5.56 Å². The van der Waals surface area contributed by atoms with Gasteiger partial charge in [0.25, 0.3) is 0 Å². The minimum absolute atomic E-state index is 0.177. The van der Waals surface area contributed by atoms with Crippen LogP contribution >= 0.6 is 0 Å². The topological polar surface area (TPSA) is 54.0 Å². The van der Waals surface area contributed by atoms with E-state index in [-0.39, 0.29) is 5.78 Å². The molecule has 0 aromatic heterocycles. The highest BCUT2D eigenvalue weighted by atomic mass is 16.5. The normalized spacial score (nSPS) is 10.6. The first-order chi connectivity index (χ1) is 12.1. The van der Waals surface area contributed by atoms with Crippen LogP contribution in [0.5, 0.6) is 23.0 Å². The van der Waals surface area contributed by atoms with E-state index in [0.29, 0.717) is 35.2 Å². The van der Waals surface area contributed by atoms with Gasteiger partial charge in [-0.15, -0.1) is 0 Å². The molecule has 0 spiro atoms. The Labute approximate surface area is 147 Å². The third-order valence-electron chi connectivity index (χ3n) is 3.60. The Bertz CT molecular complexity index is 765. The number of para-hydroxylation sites is 1. The lowest BCUT2D eigenvalue weighted by molar-refractivity contribution is 0.104. The highest BCUT2D eigenvalue weighted by Crippen LogP contribution is 2.32. The van der Waals surface area contributed by atoms with Crippen LogP contribution < -0.4 is 18.9 Å². The molecule has 25 heavy (non-hydrogen) atoms. The lowest BCUT2D eigenvalue weighted by Crippen LogP contribution is -2.00. The summed E-state index contributed by atoms with van der Waals surface area (Å²) in [7, 11) is 4.65. The second-order valence-electron chi connectivity index (χ2n) is 5.08. The Morgan fingerprint density at radius 2 is 1.80 bits per heavy atom. The predicted octanol–water partition coefficient (Wildman–Crippen LogP) is 4.01. The maximum atomic E-state index is 12.5. The molecule has 132 valence electrons. The van der Waals surface area contributed by atoms with Crippen LogP contribution in [-0.4, -0.2) is 33.7 Å². The molecule has 2 aromatic carbocycles. The van der Waals surface area contributed by atoms with Gasteiger partial charge in [0.05, 0.1) is 33.5 Å². The van der Waals surface area contributed by atoms with Gasteiger partial charge >= 0.3 is 0 Å². The number of allylic oxidation sites excluding steroid dienone is 1. The molecule has 0 fully saturated rings. The predicted molar refractivity (Wildman–Crippen MR) is 97.1 cm³/mol. The maximum Gasteiger partial charge on any atom is 0.189 e. The second-order valence-corrected chi connectivity index (χ2v) is 5.08. The highest BCUT2D eigenvalue weighted by Gasteiger charge is 2.12. The van der Waals surface area contributed by atoms with Crippen molar-refractivity contribution in [1.29, 1.82) is 0 Å². The number of rotatable bonds is 8. The van der Waals surface area contributed by atoms with Gasteiger partial charge in [0.15, 0.2) is 17.3 Å². The molecule has 5 heteroatoms. The van der Waals surface area contributed by atoms with Crippen molar-refractivity contribution in [3.63, 3.8) is 0 Å². The van der Waals surface area contributed by atoms with Crippen LogP contribution in [0, 0.1) is 0 Å². The average Bonchev–Trinajstić information content (AvgIpc) is 2.65. The SMILES string of the molecule is CCOc1cccc(/C=C/C(=O)c2ccc(OC)cc2OC)c1OC. The molecule has 0 aliphatic rings. The lowest BCUT2D eigenvalue weighted by Gasteiger charge is -2.11. The number of methoxy groups -OCH3 is 3. The number of ketones is 1. The van der Waals surface area contributed by atoms with Gasteiger partial charge in [-0.25, -0.2) is 0 Å². The number of hydrogen-bond donors (Lipinski definition) is 0. The number of carbonyl (C=O) groups is 1. The van der Waals surface area contributed by atoms with Crippen LogP contribution in [-0.2, 0) is 0 Å². The van der Waals surface area contributed by atoms with Crippen molar-refractivity contribution < 1.29 is 23.7 Å². The summed E-state index contributed by atoms with van der Waals surface area (Å²) in [5.74, 6) is 2.15. The van der Waals surface area contributed by atoms with Crippen molar-refractivity contribution in [3.8, 4) is 23.0 Å². The zero-order valence-corrected chi connectivity index (χ0v) is 14.9. The van der Waals surface area contributed by atoms with Crippen LogP contribution in [0.3, 0.4) is 0 Å². The molecule has 0 aliphatic heterocycles. The molecule has 0 atom stereocenters. The van der Waals surface area contributed by atoms with E-state index < -0.39 is 0 Å². The number of carbonyl (C=O) groups excluding carboxylic acids is 1. The summed E-state index contributed by atoms with van der Waals surface area (Å²) in [5, 5.41) is 0. The first-order valence-electron chi connectivity index (χ1n) is 7.88. The molecule has 0 unspecified atom stereocenters. The Kier molecular flexibility index (Phi) is 6.46. The zero-order chi connectivity index (χ0) is 18.2. The monoisotopic (exact) mass is 342 g/mol. The molecular formula is C20H22O5. The van der Waals surface area contributed by atoms with Gasteiger partial charge in [-0.1, -0.05) is 12.1 Å². The number of ether oxygens (including phenoxy) is 4. The van der Waals surface area contributed by atoms with Crippen molar-refractivity contribution >= 4 is 11.9 Å². The van der Waals surface area contributed by atoms with Crippen LogP contribution in [0.4, 0.5) is 0 Å². The fraction of sp³-hybridized carbons (Fsp3) is 0.250. The Balaban J connectivity index is 2.31. The number of hydrogen-bond acceptors (Lipinski definition) is 5. The van der Waals surface area contributed by atoms with Gasteiger partial charge in [-0.3, -0.25) is 4.79 Å². The summed E-state index contributed by atoms with van der Waals surface area (Å²) in [6.45, 7) is 2.44. The molecule has 0 saturated heterocycles. The average molecular weight is 342 g/mol. The molecular weight excluding hydrogens is 320 g/mol. The molecule has 2 aromatic rings. The fourth-order valence-electron chi connectivity index (χ4n) is 2.41. The van der Waals surface area contributed by atoms with Crippen molar-refractivity contribution in [2.24, 2.45) is 0 Å². The molecule has 5 nitrogen and oxygen atoms in total. The second kappa shape index (κ2) is 8.78. The van der Waals surface area contributed by atoms with E-state index in [1.165, 1.54) is 13.2 Å². The first-order valence-corrected chi connectivity index (χ1v) is 7.88. The first kappa shape index (κ1) is 18.4. The van der Waals surface area contributed by atoms with Gasteiger partial charge in [-0.2, -0.15) is 0 Å². The molecule has 0 aliphatic carbocycles. The van der Waals surface area contributed by atoms with Gasteiger partial charge in [-0.05, 0) is 37.3 Å². The molecule has 0 radical (unpaired) electrons. The highest BCUT2D eigenvalue weighted by molar-refractivity contribution is 6.08. The van der Waals surface area contributed by atoms with E-state index in [2.05, 4.69) is 0 Å². The Morgan fingerprint density at radius 1 is 1.00 bits per heavy atom. The Morgan fingerprint density at radius 3 is 2.44 bits per heavy atom. The van der Waals surface area contributed by atoms with Crippen LogP contribution in [0.1, 0.15) is 22.8 Å². The molecule has 2 rings (SSSR count). The number of benzene rings is 2. The van der Waals surface area contributed by atoms with Crippen molar-refractivity contribution in [1.82, 2.24) is 0 Å². The van der Waals surface area contributed by atoms with Gasteiger partial charge in [0.2, 0.25) is 0 Å². The molecule has 0 N–H and O–H groups in total. The third kappa shape index (κ3) is 4.32. The van der Waals surface area contributed by atoms with Crippen molar-refractivity contribution in [2.75, 3.05) is 27.9 Å². The molecule has 0 saturated carbocycles. The quantitative estimate of drug-likeness (QED) is 0.536. The largest absolute Gasteiger partial charge is 0.497 e. The molecule has 0 heterocycles.